The molecule has 88 valence electrons. The lowest BCUT2D eigenvalue weighted by Gasteiger charge is -2.16. The molecule has 11 heteroatoms. The van der Waals surface area contributed by atoms with E-state index in [9.17, 15) is 28.6 Å². The highest BCUT2D eigenvalue weighted by Gasteiger charge is 2.41. The summed E-state index contributed by atoms with van der Waals surface area (Å²) in [6, 6.07) is 0. The van der Waals surface area contributed by atoms with Crippen LogP contribution in [-0.4, -0.2) is 40.4 Å². The molecule has 0 aromatic carbocycles. The van der Waals surface area contributed by atoms with E-state index in [1.165, 1.54) is 13.8 Å². The molecule has 0 spiro atoms. The van der Waals surface area contributed by atoms with Gasteiger partial charge in [-0.3, -0.25) is 0 Å². The third-order valence-corrected chi connectivity index (χ3v) is 3.29. The molecule has 0 saturated carbocycles. The molecule has 0 aliphatic rings. The van der Waals surface area contributed by atoms with Gasteiger partial charge in [0, 0.05) is 8.83 Å². The molecule has 0 radical (unpaired) electrons. The van der Waals surface area contributed by atoms with Gasteiger partial charge in [-0.25, -0.2) is 20.2 Å². The Balaban J connectivity index is 5.26. The van der Waals surface area contributed by atoms with Crippen molar-refractivity contribution in [3.05, 3.63) is 20.2 Å². The molecule has 10 nitrogen and oxygen atoms in total. The Morgan fingerprint density at radius 1 is 1.00 bits per heavy atom. The summed E-state index contributed by atoms with van der Waals surface area (Å²) in [7, 11) is -4.69. The Morgan fingerprint density at radius 2 is 1.27 bits per heavy atom. The molecule has 0 bridgehead atoms. The molecule has 0 unspecified atom stereocenters. The van der Waals surface area contributed by atoms with Crippen LogP contribution in [0.2, 0.25) is 0 Å². The topological polar surface area (TPSA) is 127 Å². The third kappa shape index (κ3) is 2.65. The SMILES string of the molecule is CCN([N+](=O)[O-])S(=O)(=O)N(CC)[N+](=O)[O-]. The van der Waals surface area contributed by atoms with Gasteiger partial charge in [0.05, 0.1) is 13.1 Å². The molecule has 0 aromatic heterocycles. The fraction of sp³-hybridized carbons (Fsp3) is 1.00. The molecular weight excluding hydrogens is 232 g/mol. The van der Waals surface area contributed by atoms with Crippen molar-refractivity contribution >= 4 is 10.2 Å². The van der Waals surface area contributed by atoms with E-state index in [1.54, 1.807) is 0 Å². The summed E-state index contributed by atoms with van der Waals surface area (Å²) in [6.07, 6.45) is 0. The molecule has 0 saturated heterocycles. The van der Waals surface area contributed by atoms with Crippen molar-refractivity contribution in [1.82, 2.24) is 8.83 Å². The first-order chi connectivity index (χ1) is 6.78. The van der Waals surface area contributed by atoms with Crippen LogP contribution in [-0.2, 0) is 10.2 Å². The second-order valence-electron chi connectivity index (χ2n) is 2.26. The van der Waals surface area contributed by atoms with E-state index in [0.29, 0.717) is 0 Å². The smallest absolute Gasteiger partial charge is 0.234 e. The second-order valence-corrected chi connectivity index (χ2v) is 4.00. The summed E-state index contributed by atoms with van der Waals surface area (Å²) in [4.78, 5) is 20.6. The first kappa shape index (κ1) is 13.4. The summed E-state index contributed by atoms with van der Waals surface area (Å²) in [5.41, 5.74) is 0. The fourth-order valence-electron chi connectivity index (χ4n) is 0.835. The van der Waals surface area contributed by atoms with E-state index in [4.69, 9.17) is 0 Å². The molecule has 0 aromatic rings. The highest BCUT2D eigenvalue weighted by molar-refractivity contribution is 7.86. The summed E-state index contributed by atoms with van der Waals surface area (Å²) in [5, 5.41) is 18.2. The maximum atomic E-state index is 11.3. The van der Waals surface area contributed by atoms with Crippen molar-refractivity contribution in [2.45, 2.75) is 13.8 Å². The minimum atomic E-state index is -4.69. The van der Waals surface area contributed by atoms with Crippen LogP contribution in [0.3, 0.4) is 0 Å². The lowest BCUT2D eigenvalue weighted by Crippen LogP contribution is -2.48. The third-order valence-electron chi connectivity index (χ3n) is 1.44. The van der Waals surface area contributed by atoms with Crippen LogP contribution in [0.1, 0.15) is 13.8 Å². The number of hydrazine groups is 2. The molecule has 0 atom stereocenters. The fourth-order valence-corrected chi connectivity index (χ4v) is 2.04. The molecule has 0 fully saturated rings. The monoisotopic (exact) mass is 242 g/mol. The Kier molecular flexibility index (Phi) is 4.21. The lowest BCUT2D eigenvalue weighted by molar-refractivity contribution is -0.644. The Labute approximate surface area is 85.5 Å². The van der Waals surface area contributed by atoms with Gasteiger partial charge in [-0.2, -0.15) is 8.42 Å². The molecule has 15 heavy (non-hydrogen) atoms. The van der Waals surface area contributed by atoms with Crippen molar-refractivity contribution < 1.29 is 18.5 Å². The van der Waals surface area contributed by atoms with Crippen LogP contribution < -0.4 is 0 Å². The highest BCUT2D eigenvalue weighted by Crippen LogP contribution is 2.07. The summed E-state index contributed by atoms with van der Waals surface area (Å²) >= 11 is 0. The predicted octanol–water partition coefficient (Wildman–Crippen LogP) is -0.742. The van der Waals surface area contributed by atoms with Gasteiger partial charge in [-0.1, -0.05) is 0 Å². The van der Waals surface area contributed by atoms with Crippen LogP contribution in [0.25, 0.3) is 0 Å². The molecule has 0 aliphatic carbocycles. The van der Waals surface area contributed by atoms with Gasteiger partial charge in [-0.15, -0.1) is 0 Å². The molecule has 0 heterocycles. The maximum Gasteiger partial charge on any atom is 0.425 e. The molecule has 0 amide bonds. The highest BCUT2D eigenvalue weighted by atomic mass is 32.2. The maximum absolute atomic E-state index is 11.3. The van der Waals surface area contributed by atoms with Crippen molar-refractivity contribution in [2.24, 2.45) is 0 Å². The normalized spacial score (nSPS) is 10.8. The molecule has 0 rings (SSSR count). The van der Waals surface area contributed by atoms with Gasteiger partial charge in [0.1, 0.15) is 0 Å². The first-order valence-corrected chi connectivity index (χ1v) is 5.27. The summed E-state index contributed by atoms with van der Waals surface area (Å²) in [6.45, 7) is 1.43. The van der Waals surface area contributed by atoms with Gasteiger partial charge < -0.3 is 0 Å². The van der Waals surface area contributed by atoms with Crippen LogP contribution in [0.15, 0.2) is 0 Å². The standard InChI is InChI=1S/C4H10N4O6S/c1-3-5(7(9)10)15(13,14)6(4-2)8(11)12/h3-4H2,1-2H3. The van der Waals surface area contributed by atoms with Crippen LogP contribution in [0.4, 0.5) is 0 Å². The second kappa shape index (κ2) is 4.72. The van der Waals surface area contributed by atoms with Crippen molar-refractivity contribution in [3.8, 4) is 0 Å². The average Bonchev–Trinajstić information content (AvgIpc) is 2.02. The van der Waals surface area contributed by atoms with Gasteiger partial charge in [-0.05, 0) is 13.8 Å². The number of hydrogen-bond donors (Lipinski definition) is 0. The van der Waals surface area contributed by atoms with Gasteiger partial charge in [0.15, 0.2) is 10.1 Å². The van der Waals surface area contributed by atoms with Crippen LogP contribution in [0.5, 0.6) is 0 Å². The Morgan fingerprint density at radius 3 is 1.40 bits per heavy atom. The molecular formula is C4H10N4O6S. The van der Waals surface area contributed by atoms with E-state index in [-0.39, 0.29) is 8.83 Å². The van der Waals surface area contributed by atoms with Crippen LogP contribution >= 0.6 is 0 Å². The first-order valence-electron chi connectivity index (χ1n) is 3.88. The van der Waals surface area contributed by atoms with Crippen molar-refractivity contribution in [3.63, 3.8) is 0 Å². The van der Waals surface area contributed by atoms with Gasteiger partial charge in [0.2, 0.25) is 0 Å². The minimum Gasteiger partial charge on any atom is -0.234 e. The van der Waals surface area contributed by atoms with E-state index >= 15 is 0 Å². The van der Waals surface area contributed by atoms with Gasteiger partial charge >= 0.3 is 10.2 Å². The van der Waals surface area contributed by atoms with E-state index in [0.717, 1.165) is 0 Å². The van der Waals surface area contributed by atoms with E-state index < -0.39 is 33.4 Å². The number of rotatable bonds is 6. The summed E-state index contributed by atoms with van der Waals surface area (Å²) in [5.74, 6) is 0. The number of nitrogens with zero attached hydrogens (tertiary/aromatic N) is 4. The molecule has 0 N–H and O–H groups in total. The Hall–Kier alpha value is -1.65. The predicted molar refractivity (Wildman–Crippen MR) is 47.7 cm³/mol. The largest absolute Gasteiger partial charge is 0.425 e. The number of nitro groups is 2. The zero-order chi connectivity index (χ0) is 12.2. The lowest BCUT2D eigenvalue weighted by atomic mass is 10.8. The number of hydrogen-bond acceptors (Lipinski definition) is 6. The average molecular weight is 242 g/mol. The minimum absolute atomic E-state index is 0.195. The quantitative estimate of drug-likeness (QED) is 0.445. The zero-order valence-electron chi connectivity index (χ0n) is 8.06. The zero-order valence-corrected chi connectivity index (χ0v) is 8.88. The molecule has 0 aliphatic heterocycles. The van der Waals surface area contributed by atoms with E-state index in [2.05, 4.69) is 0 Å². The van der Waals surface area contributed by atoms with E-state index in [1.807, 2.05) is 0 Å². The Bertz CT molecular complexity index is 324. The van der Waals surface area contributed by atoms with Crippen molar-refractivity contribution in [1.29, 1.82) is 0 Å². The van der Waals surface area contributed by atoms with Gasteiger partial charge in [0.25, 0.3) is 0 Å². The van der Waals surface area contributed by atoms with Crippen molar-refractivity contribution in [2.75, 3.05) is 13.1 Å². The summed E-state index contributed by atoms with van der Waals surface area (Å²) < 4.78 is 22.3. The van der Waals surface area contributed by atoms with Crippen LogP contribution in [0, 0.1) is 20.2 Å².